The number of hydrogen-bond acceptors (Lipinski definition) is 8. The number of anilines is 2. The average molecular weight is 434 g/mol. The van der Waals surface area contributed by atoms with Crippen molar-refractivity contribution in [2.24, 2.45) is 0 Å². The molecule has 0 atom stereocenters. The van der Waals surface area contributed by atoms with E-state index in [4.69, 9.17) is 19.7 Å². The highest BCUT2D eigenvalue weighted by molar-refractivity contribution is 7.13. The summed E-state index contributed by atoms with van der Waals surface area (Å²) in [6, 6.07) is 9.79. The van der Waals surface area contributed by atoms with Gasteiger partial charge in [0.1, 0.15) is 11.8 Å². The molecular formula is C23H23N5O2S. The van der Waals surface area contributed by atoms with Gasteiger partial charge in [-0.05, 0) is 68.2 Å². The van der Waals surface area contributed by atoms with Crippen LogP contribution in [0.1, 0.15) is 41.3 Å². The third-order valence-corrected chi connectivity index (χ3v) is 6.66. The molecule has 0 bridgehead atoms. The van der Waals surface area contributed by atoms with Crippen molar-refractivity contribution in [3.63, 3.8) is 0 Å². The first kappa shape index (κ1) is 19.8. The summed E-state index contributed by atoms with van der Waals surface area (Å²) >= 11 is 1.61. The monoisotopic (exact) mass is 433 g/mol. The number of nitriles is 1. The van der Waals surface area contributed by atoms with Crippen LogP contribution in [0.5, 0.6) is 11.5 Å². The SMILES string of the molecule is Cc1cc2c(cc1CN1CCC(c3csc(Nc4ccc(C#N)nc4)n3)CC1)OCO2. The molecule has 1 N–H and O–H groups in total. The number of rotatable bonds is 5. The minimum Gasteiger partial charge on any atom is -0.454 e. The first-order chi connectivity index (χ1) is 15.2. The standard InChI is InChI=1S/C23H23N5O2S/c1-15-8-21-22(30-14-29-21)9-17(15)12-28-6-4-16(5-7-28)20-13-31-23(27-20)26-19-3-2-18(10-24)25-11-19/h2-3,8-9,11,13,16H,4-7,12,14H2,1H3,(H,26,27). The number of hydrogen-bond donors (Lipinski definition) is 1. The summed E-state index contributed by atoms with van der Waals surface area (Å²) in [4.78, 5) is 11.4. The highest BCUT2D eigenvalue weighted by Gasteiger charge is 2.24. The van der Waals surface area contributed by atoms with Crippen molar-refractivity contribution in [1.29, 1.82) is 5.26 Å². The van der Waals surface area contributed by atoms with Crippen LogP contribution in [0.15, 0.2) is 35.8 Å². The molecule has 1 aromatic carbocycles. The molecule has 0 unspecified atom stereocenters. The van der Waals surface area contributed by atoms with Crippen LogP contribution in [-0.4, -0.2) is 34.8 Å². The Kier molecular flexibility index (Phi) is 5.45. The number of aromatic nitrogens is 2. The van der Waals surface area contributed by atoms with Crippen LogP contribution in [0.4, 0.5) is 10.8 Å². The van der Waals surface area contributed by atoms with Crippen LogP contribution in [-0.2, 0) is 6.54 Å². The number of benzene rings is 1. The van der Waals surface area contributed by atoms with Crippen molar-refractivity contribution in [3.8, 4) is 17.6 Å². The zero-order chi connectivity index (χ0) is 21.2. The van der Waals surface area contributed by atoms with Gasteiger partial charge in [-0.3, -0.25) is 4.90 Å². The van der Waals surface area contributed by atoms with Crippen LogP contribution in [0.3, 0.4) is 0 Å². The van der Waals surface area contributed by atoms with Gasteiger partial charge in [-0.15, -0.1) is 11.3 Å². The summed E-state index contributed by atoms with van der Waals surface area (Å²) in [7, 11) is 0. The molecule has 1 fully saturated rings. The predicted molar refractivity (Wildman–Crippen MR) is 119 cm³/mol. The summed E-state index contributed by atoms with van der Waals surface area (Å²) in [5.41, 5.74) is 4.97. The van der Waals surface area contributed by atoms with E-state index in [0.717, 1.165) is 60.5 Å². The molecule has 2 aliphatic heterocycles. The maximum absolute atomic E-state index is 8.86. The lowest BCUT2D eigenvalue weighted by Crippen LogP contribution is -2.32. The van der Waals surface area contributed by atoms with Gasteiger partial charge in [-0.1, -0.05) is 0 Å². The molecule has 158 valence electrons. The van der Waals surface area contributed by atoms with Crippen LogP contribution in [0.2, 0.25) is 0 Å². The van der Waals surface area contributed by atoms with E-state index in [1.54, 1.807) is 23.6 Å². The van der Waals surface area contributed by atoms with Gasteiger partial charge in [-0.2, -0.15) is 5.26 Å². The first-order valence-corrected chi connectivity index (χ1v) is 11.3. The molecule has 8 heteroatoms. The van der Waals surface area contributed by atoms with Gasteiger partial charge < -0.3 is 14.8 Å². The first-order valence-electron chi connectivity index (χ1n) is 10.4. The van der Waals surface area contributed by atoms with E-state index < -0.39 is 0 Å². The number of thiazole rings is 1. The number of aryl methyl sites for hydroxylation is 1. The fourth-order valence-corrected chi connectivity index (χ4v) is 4.88. The van der Waals surface area contributed by atoms with Crippen molar-refractivity contribution >= 4 is 22.2 Å². The van der Waals surface area contributed by atoms with E-state index in [1.165, 1.54) is 11.1 Å². The minimum absolute atomic E-state index is 0.315. The Morgan fingerprint density at radius 2 is 2.03 bits per heavy atom. The Morgan fingerprint density at radius 1 is 1.23 bits per heavy atom. The number of ether oxygens (including phenoxy) is 2. The summed E-state index contributed by atoms with van der Waals surface area (Å²) in [5, 5.41) is 15.2. The number of piperidine rings is 1. The van der Waals surface area contributed by atoms with E-state index >= 15 is 0 Å². The quantitative estimate of drug-likeness (QED) is 0.631. The Morgan fingerprint density at radius 3 is 2.77 bits per heavy atom. The van der Waals surface area contributed by atoms with Gasteiger partial charge in [0.05, 0.1) is 17.6 Å². The highest BCUT2D eigenvalue weighted by atomic mass is 32.1. The topological polar surface area (TPSA) is 83.3 Å². The van der Waals surface area contributed by atoms with E-state index in [0.29, 0.717) is 18.4 Å². The number of nitrogens with zero attached hydrogens (tertiary/aromatic N) is 4. The van der Waals surface area contributed by atoms with Crippen LogP contribution < -0.4 is 14.8 Å². The van der Waals surface area contributed by atoms with Gasteiger partial charge >= 0.3 is 0 Å². The lowest BCUT2D eigenvalue weighted by molar-refractivity contribution is 0.173. The van der Waals surface area contributed by atoms with Crippen molar-refractivity contribution < 1.29 is 9.47 Å². The van der Waals surface area contributed by atoms with E-state index in [2.05, 4.69) is 39.6 Å². The number of nitrogens with one attached hydrogen (secondary N) is 1. The molecule has 0 saturated carbocycles. The number of pyridine rings is 1. The Hall–Kier alpha value is -3.15. The molecule has 2 aliphatic rings. The van der Waals surface area contributed by atoms with Crippen molar-refractivity contribution in [2.45, 2.75) is 32.2 Å². The molecule has 2 aromatic heterocycles. The highest BCUT2D eigenvalue weighted by Crippen LogP contribution is 2.36. The second kappa shape index (κ2) is 8.53. The van der Waals surface area contributed by atoms with Gasteiger partial charge in [0.15, 0.2) is 16.6 Å². The molecule has 7 nitrogen and oxygen atoms in total. The van der Waals surface area contributed by atoms with Gasteiger partial charge in [0.25, 0.3) is 0 Å². The Balaban J connectivity index is 1.17. The molecule has 0 amide bonds. The lowest BCUT2D eigenvalue weighted by Gasteiger charge is -2.31. The van der Waals surface area contributed by atoms with Crippen molar-refractivity contribution in [3.05, 3.63) is 58.4 Å². The second-order valence-corrected chi connectivity index (χ2v) is 8.79. The molecule has 0 radical (unpaired) electrons. The second-order valence-electron chi connectivity index (χ2n) is 7.93. The Labute approximate surface area is 185 Å². The fraction of sp³-hybridized carbons (Fsp3) is 0.348. The normalized spacial score (nSPS) is 16.3. The molecule has 31 heavy (non-hydrogen) atoms. The Bertz CT molecular complexity index is 1110. The summed E-state index contributed by atoms with van der Waals surface area (Å²) < 4.78 is 11.0. The van der Waals surface area contributed by atoms with Crippen LogP contribution in [0.25, 0.3) is 0 Å². The van der Waals surface area contributed by atoms with Crippen molar-refractivity contribution in [2.75, 3.05) is 25.2 Å². The van der Waals surface area contributed by atoms with Crippen LogP contribution in [0, 0.1) is 18.3 Å². The van der Waals surface area contributed by atoms with Gasteiger partial charge in [-0.25, -0.2) is 9.97 Å². The molecule has 0 spiro atoms. The smallest absolute Gasteiger partial charge is 0.231 e. The van der Waals surface area contributed by atoms with Gasteiger partial charge in [0.2, 0.25) is 6.79 Å². The third-order valence-electron chi connectivity index (χ3n) is 5.88. The van der Waals surface area contributed by atoms with Gasteiger partial charge in [0, 0.05) is 17.8 Å². The zero-order valence-corrected chi connectivity index (χ0v) is 18.1. The molecule has 4 heterocycles. The van der Waals surface area contributed by atoms with E-state index in [9.17, 15) is 0 Å². The predicted octanol–water partition coefficient (Wildman–Crippen LogP) is 4.57. The summed E-state index contributed by atoms with van der Waals surface area (Å²) in [5.74, 6) is 2.19. The lowest BCUT2D eigenvalue weighted by atomic mass is 9.93. The summed E-state index contributed by atoms with van der Waals surface area (Å²) in [6.07, 6.45) is 3.87. The largest absolute Gasteiger partial charge is 0.454 e. The number of fused-ring (bicyclic) bond motifs is 1. The molecule has 0 aliphatic carbocycles. The van der Waals surface area contributed by atoms with E-state index in [1.807, 2.05) is 12.1 Å². The average Bonchev–Trinajstić information content (AvgIpc) is 3.44. The maximum Gasteiger partial charge on any atom is 0.231 e. The summed E-state index contributed by atoms with van der Waals surface area (Å²) in [6.45, 7) is 5.49. The van der Waals surface area contributed by atoms with Crippen LogP contribution >= 0.6 is 11.3 Å². The number of likely N-dealkylation sites (tertiary alicyclic amines) is 1. The molecule has 3 aromatic rings. The zero-order valence-electron chi connectivity index (χ0n) is 17.3. The molecule has 1 saturated heterocycles. The van der Waals surface area contributed by atoms with E-state index in [-0.39, 0.29) is 0 Å². The minimum atomic E-state index is 0.315. The van der Waals surface area contributed by atoms with Crippen molar-refractivity contribution in [1.82, 2.24) is 14.9 Å². The third kappa shape index (κ3) is 4.33. The molecular weight excluding hydrogens is 410 g/mol. The molecule has 5 rings (SSSR count). The fourth-order valence-electron chi connectivity index (χ4n) is 4.07. The maximum atomic E-state index is 8.86.